The molecule has 8 nitrogen and oxygen atoms in total. The minimum atomic E-state index is -3.78. The maximum Gasteiger partial charge on any atom is 0.269 e. The smallest absolute Gasteiger partial charge is 0.268 e. The average Bonchev–Trinajstić information content (AvgIpc) is 3.09. The predicted molar refractivity (Wildman–Crippen MR) is 95.3 cm³/mol. The second-order valence-corrected chi connectivity index (χ2v) is 8.42. The van der Waals surface area contributed by atoms with Gasteiger partial charge in [-0.3, -0.25) is 4.79 Å². The highest BCUT2D eigenvalue weighted by Gasteiger charge is 2.18. The number of sulfonamides is 1. The summed E-state index contributed by atoms with van der Waals surface area (Å²) in [6.45, 7) is 3.84. The van der Waals surface area contributed by atoms with E-state index in [-0.39, 0.29) is 10.5 Å². The van der Waals surface area contributed by atoms with Gasteiger partial charge in [0.25, 0.3) is 5.56 Å². The number of rotatable bonds is 2. The van der Waals surface area contributed by atoms with Crippen LogP contribution >= 0.6 is 11.3 Å². The lowest BCUT2D eigenvalue weighted by molar-refractivity contribution is 0.598. The van der Waals surface area contributed by atoms with Crippen molar-refractivity contribution >= 4 is 37.4 Å². The number of hydrogen-bond acceptors (Lipinski definition) is 6. The Morgan fingerprint density at radius 1 is 1.20 bits per heavy atom. The SMILES string of the molecule is Cc1sc2nc3[nH]nc(-c4ccc(S(N)(=O)=O)cc4)n3c(=O)c2c1C. The van der Waals surface area contributed by atoms with E-state index in [0.29, 0.717) is 27.4 Å². The van der Waals surface area contributed by atoms with E-state index in [2.05, 4.69) is 15.2 Å². The van der Waals surface area contributed by atoms with E-state index in [4.69, 9.17) is 5.14 Å². The molecule has 128 valence electrons. The van der Waals surface area contributed by atoms with E-state index in [1.807, 2.05) is 13.8 Å². The molecule has 3 heterocycles. The largest absolute Gasteiger partial charge is 0.269 e. The van der Waals surface area contributed by atoms with Crippen LogP contribution in [0, 0.1) is 13.8 Å². The van der Waals surface area contributed by atoms with Gasteiger partial charge < -0.3 is 0 Å². The fourth-order valence-corrected chi connectivity index (χ4v) is 4.24. The van der Waals surface area contributed by atoms with Crippen LogP contribution < -0.4 is 10.7 Å². The van der Waals surface area contributed by atoms with Crippen LogP contribution in [-0.4, -0.2) is 28.0 Å². The summed E-state index contributed by atoms with van der Waals surface area (Å²) in [6, 6.07) is 5.86. The third kappa shape index (κ3) is 2.37. The molecule has 0 radical (unpaired) electrons. The molecule has 3 aromatic heterocycles. The first kappa shape index (κ1) is 15.9. The topological polar surface area (TPSA) is 123 Å². The number of nitrogens with one attached hydrogen (secondary N) is 1. The Bertz CT molecular complexity index is 1300. The summed E-state index contributed by atoms with van der Waals surface area (Å²) in [4.78, 5) is 19.1. The van der Waals surface area contributed by atoms with E-state index in [9.17, 15) is 13.2 Å². The minimum Gasteiger partial charge on any atom is -0.268 e. The Labute approximate surface area is 146 Å². The summed E-state index contributed by atoms with van der Waals surface area (Å²) in [5.74, 6) is 0.697. The Balaban J connectivity index is 2.00. The number of fused-ring (bicyclic) bond motifs is 2. The monoisotopic (exact) mass is 375 g/mol. The molecule has 0 aliphatic carbocycles. The highest BCUT2D eigenvalue weighted by molar-refractivity contribution is 7.89. The van der Waals surface area contributed by atoms with Crippen LogP contribution in [0.4, 0.5) is 0 Å². The zero-order valence-corrected chi connectivity index (χ0v) is 14.9. The van der Waals surface area contributed by atoms with Crippen LogP contribution in [0.3, 0.4) is 0 Å². The Kier molecular flexibility index (Phi) is 3.33. The van der Waals surface area contributed by atoms with Crippen LogP contribution in [0.25, 0.3) is 27.4 Å². The number of nitrogens with two attached hydrogens (primary N) is 1. The molecule has 1 aromatic carbocycles. The molecule has 0 saturated heterocycles. The molecule has 0 fully saturated rings. The van der Waals surface area contributed by atoms with Crippen molar-refractivity contribution in [3.63, 3.8) is 0 Å². The van der Waals surface area contributed by atoms with E-state index < -0.39 is 10.0 Å². The molecule has 10 heteroatoms. The van der Waals surface area contributed by atoms with Gasteiger partial charge in [0.1, 0.15) is 4.83 Å². The van der Waals surface area contributed by atoms with Gasteiger partial charge in [0.05, 0.1) is 10.3 Å². The zero-order chi connectivity index (χ0) is 17.9. The van der Waals surface area contributed by atoms with Crippen molar-refractivity contribution < 1.29 is 8.42 Å². The molecule has 0 bridgehead atoms. The summed E-state index contributed by atoms with van der Waals surface area (Å²) in [7, 11) is -3.78. The third-order valence-electron chi connectivity index (χ3n) is 4.12. The van der Waals surface area contributed by atoms with E-state index in [1.54, 1.807) is 12.1 Å². The van der Waals surface area contributed by atoms with Crippen molar-refractivity contribution in [2.75, 3.05) is 0 Å². The lowest BCUT2D eigenvalue weighted by Crippen LogP contribution is -2.15. The first-order valence-electron chi connectivity index (χ1n) is 7.27. The third-order valence-corrected chi connectivity index (χ3v) is 6.15. The molecule has 0 atom stereocenters. The quantitative estimate of drug-likeness (QED) is 0.550. The van der Waals surface area contributed by atoms with Gasteiger partial charge in [0.2, 0.25) is 15.8 Å². The summed E-state index contributed by atoms with van der Waals surface area (Å²) >= 11 is 1.46. The van der Waals surface area contributed by atoms with Crippen molar-refractivity contribution in [2.45, 2.75) is 18.7 Å². The van der Waals surface area contributed by atoms with Crippen molar-refractivity contribution in [3.05, 3.63) is 45.1 Å². The fraction of sp³-hybridized carbons (Fsp3) is 0.133. The van der Waals surface area contributed by atoms with Crippen LogP contribution in [0.1, 0.15) is 10.4 Å². The Hall–Kier alpha value is -2.56. The minimum absolute atomic E-state index is 0.00624. The highest BCUT2D eigenvalue weighted by Crippen LogP contribution is 2.27. The van der Waals surface area contributed by atoms with E-state index >= 15 is 0 Å². The van der Waals surface area contributed by atoms with Gasteiger partial charge in [-0.2, -0.15) is 5.10 Å². The van der Waals surface area contributed by atoms with E-state index in [1.165, 1.54) is 27.9 Å². The van der Waals surface area contributed by atoms with Gasteiger partial charge in [-0.25, -0.2) is 28.0 Å². The highest BCUT2D eigenvalue weighted by atomic mass is 32.2. The molecule has 0 aliphatic rings. The Morgan fingerprint density at radius 2 is 1.88 bits per heavy atom. The standard InChI is InChI=1S/C15H13N5O3S2/c1-7-8(2)24-13-11(7)14(21)20-12(18-19-15(20)17-13)9-3-5-10(6-4-9)25(16,22)23/h3-6H,1-2H3,(H,17,19)(H2,16,22,23). The number of primary sulfonamides is 1. The lowest BCUT2D eigenvalue weighted by Gasteiger charge is -2.02. The molecular weight excluding hydrogens is 362 g/mol. The first-order chi connectivity index (χ1) is 11.8. The van der Waals surface area contributed by atoms with Crippen molar-refractivity contribution in [1.29, 1.82) is 0 Å². The first-order valence-corrected chi connectivity index (χ1v) is 9.63. The number of aromatic amines is 1. The molecule has 0 aliphatic heterocycles. The molecule has 4 rings (SSSR count). The number of aromatic nitrogens is 4. The predicted octanol–water partition coefficient (Wildman–Crippen LogP) is 1.56. The second kappa shape index (κ2) is 5.22. The number of H-pyrrole nitrogens is 1. The molecule has 0 amide bonds. The number of benzene rings is 1. The zero-order valence-electron chi connectivity index (χ0n) is 13.3. The van der Waals surface area contributed by atoms with Gasteiger partial charge >= 0.3 is 0 Å². The average molecular weight is 375 g/mol. The van der Waals surface area contributed by atoms with Crippen molar-refractivity contribution in [3.8, 4) is 11.4 Å². The summed E-state index contributed by atoms with van der Waals surface area (Å²) in [5.41, 5.74) is 1.27. The second-order valence-electron chi connectivity index (χ2n) is 5.66. The number of nitrogens with zero attached hydrogens (tertiary/aromatic N) is 3. The lowest BCUT2D eigenvalue weighted by atomic mass is 10.2. The van der Waals surface area contributed by atoms with Crippen LogP contribution in [0.5, 0.6) is 0 Å². The molecule has 0 saturated carbocycles. The van der Waals surface area contributed by atoms with Gasteiger partial charge in [-0.15, -0.1) is 11.3 Å². The maximum atomic E-state index is 13.0. The van der Waals surface area contributed by atoms with Gasteiger partial charge in [0.15, 0.2) is 5.82 Å². The molecule has 3 N–H and O–H groups in total. The van der Waals surface area contributed by atoms with Crippen LogP contribution in [0.2, 0.25) is 0 Å². The maximum absolute atomic E-state index is 13.0. The summed E-state index contributed by atoms with van der Waals surface area (Å²) in [5, 5.41) is 12.6. The molecule has 4 aromatic rings. The molecular formula is C15H13N5O3S2. The van der Waals surface area contributed by atoms with E-state index in [0.717, 1.165) is 10.4 Å². The fourth-order valence-electron chi connectivity index (χ4n) is 2.71. The molecule has 0 spiro atoms. The van der Waals surface area contributed by atoms with Crippen molar-refractivity contribution in [2.24, 2.45) is 5.14 Å². The summed E-state index contributed by atoms with van der Waals surface area (Å²) < 4.78 is 24.1. The van der Waals surface area contributed by atoms with Gasteiger partial charge in [-0.1, -0.05) is 0 Å². The normalized spacial score (nSPS) is 12.3. The van der Waals surface area contributed by atoms with Crippen LogP contribution in [0.15, 0.2) is 34.0 Å². The molecule has 25 heavy (non-hydrogen) atoms. The number of aryl methyl sites for hydroxylation is 2. The van der Waals surface area contributed by atoms with Crippen molar-refractivity contribution in [1.82, 2.24) is 19.6 Å². The van der Waals surface area contributed by atoms with Gasteiger partial charge in [-0.05, 0) is 43.7 Å². The Morgan fingerprint density at radius 3 is 2.52 bits per heavy atom. The van der Waals surface area contributed by atoms with Crippen LogP contribution in [-0.2, 0) is 10.0 Å². The molecule has 0 unspecified atom stereocenters. The van der Waals surface area contributed by atoms with Gasteiger partial charge in [0, 0.05) is 10.4 Å². The summed E-state index contributed by atoms with van der Waals surface area (Å²) in [6.07, 6.45) is 0. The number of thiophene rings is 1. The number of hydrogen-bond donors (Lipinski definition) is 2.